The van der Waals surface area contributed by atoms with E-state index in [9.17, 15) is 14.7 Å². The summed E-state index contributed by atoms with van der Waals surface area (Å²) >= 11 is 0. The number of ketones is 1. The third-order valence-corrected chi connectivity index (χ3v) is 7.12. The van der Waals surface area contributed by atoms with Gasteiger partial charge in [0.2, 0.25) is 0 Å². The van der Waals surface area contributed by atoms with Crippen molar-refractivity contribution >= 4 is 17.4 Å². The number of rotatable bonds is 8. The molecule has 0 unspecified atom stereocenters. The number of hydrogen-bond donors (Lipinski definition) is 1. The van der Waals surface area contributed by atoms with Gasteiger partial charge in [-0.05, 0) is 54.8 Å². The lowest BCUT2D eigenvalue weighted by atomic mass is 9.94. The highest BCUT2D eigenvalue weighted by atomic mass is 16.5. The number of fused-ring (bicyclic) bond motifs is 1. The summed E-state index contributed by atoms with van der Waals surface area (Å²) in [6.07, 6.45) is 1.65. The van der Waals surface area contributed by atoms with Crippen LogP contribution in [0.2, 0.25) is 0 Å². The molecule has 3 aliphatic heterocycles. The molecule has 2 saturated heterocycles. The third-order valence-electron chi connectivity index (χ3n) is 7.12. The average Bonchev–Trinajstić information content (AvgIpc) is 3.41. The zero-order chi connectivity index (χ0) is 25.9. The molecule has 0 aliphatic carbocycles. The monoisotopic (exact) mass is 506 g/mol. The number of morpholine rings is 1. The van der Waals surface area contributed by atoms with E-state index < -0.39 is 17.7 Å². The summed E-state index contributed by atoms with van der Waals surface area (Å²) in [7, 11) is 0. The SMILES string of the molecule is CCCOc1cccc([C@@H]2C(=C(O)c3ccc4c(c3)C[C@@H](C)O4)C(=O)C(=O)N2CCN2CCOCC2)c1. The summed E-state index contributed by atoms with van der Waals surface area (Å²) < 4.78 is 17.1. The quantitative estimate of drug-likeness (QED) is 0.333. The van der Waals surface area contributed by atoms with Gasteiger partial charge in [-0.25, -0.2) is 0 Å². The van der Waals surface area contributed by atoms with E-state index in [0.717, 1.165) is 42.8 Å². The minimum absolute atomic E-state index is 0.0593. The summed E-state index contributed by atoms with van der Waals surface area (Å²) in [5.41, 5.74) is 2.32. The molecule has 1 N–H and O–H groups in total. The molecule has 0 bridgehead atoms. The predicted octanol–water partition coefficient (Wildman–Crippen LogP) is 3.55. The van der Waals surface area contributed by atoms with Gasteiger partial charge in [0.05, 0.1) is 31.4 Å². The van der Waals surface area contributed by atoms with Crippen molar-refractivity contribution in [1.29, 1.82) is 0 Å². The number of likely N-dealkylation sites (tertiary alicyclic amines) is 1. The highest BCUT2D eigenvalue weighted by molar-refractivity contribution is 6.46. The zero-order valence-corrected chi connectivity index (χ0v) is 21.4. The van der Waals surface area contributed by atoms with Gasteiger partial charge in [0.1, 0.15) is 23.4 Å². The first kappa shape index (κ1) is 25.3. The summed E-state index contributed by atoms with van der Waals surface area (Å²) in [6, 6.07) is 12.2. The Hall–Kier alpha value is -3.36. The predicted molar refractivity (Wildman–Crippen MR) is 139 cm³/mol. The average molecular weight is 507 g/mol. The first-order valence-electron chi connectivity index (χ1n) is 13.1. The van der Waals surface area contributed by atoms with Gasteiger partial charge in [0, 0.05) is 38.2 Å². The minimum Gasteiger partial charge on any atom is -0.507 e. The summed E-state index contributed by atoms with van der Waals surface area (Å²) in [4.78, 5) is 30.5. The van der Waals surface area contributed by atoms with Gasteiger partial charge in [-0.2, -0.15) is 0 Å². The van der Waals surface area contributed by atoms with Gasteiger partial charge < -0.3 is 24.2 Å². The maximum atomic E-state index is 13.4. The van der Waals surface area contributed by atoms with E-state index in [1.165, 1.54) is 0 Å². The standard InChI is InChI=1S/C29H34N2O6/c1-3-13-36-23-6-4-5-20(18-23)26-25(27(32)21-7-8-24-22(17-21)16-19(2)37-24)28(33)29(34)31(26)10-9-30-11-14-35-15-12-30/h4-8,17-19,26,32H,3,9-16H2,1-2H3/t19-,26-/m1/s1. The van der Waals surface area contributed by atoms with Crippen molar-refractivity contribution in [1.82, 2.24) is 9.80 Å². The second kappa shape index (κ2) is 10.9. The number of aliphatic hydroxyl groups is 1. The summed E-state index contributed by atoms with van der Waals surface area (Å²) in [5.74, 6) is 0.0147. The van der Waals surface area contributed by atoms with Crippen LogP contribution in [0.25, 0.3) is 5.76 Å². The number of ether oxygens (including phenoxy) is 3. The minimum atomic E-state index is -0.713. The molecule has 3 aliphatic rings. The van der Waals surface area contributed by atoms with E-state index in [1.54, 1.807) is 11.0 Å². The summed E-state index contributed by atoms with van der Waals surface area (Å²) in [6.45, 7) is 8.44. The van der Waals surface area contributed by atoms with Crippen molar-refractivity contribution < 1.29 is 28.9 Å². The first-order valence-corrected chi connectivity index (χ1v) is 13.1. The molecule has 2 atom stereocenters. The van der Waals surface area contributed by atoms with Gasteiger partial charge >= 0.3 is 0 Å². The van der Waals surface area contributed by atoms with Crippen LogP contribution >= 0.6 is 0 Å². The number of benzene rings is 2. The van der Waals surface area contributed by atoms with Gasteiger partial charge in [0.15, 0.2) is 0 Å². The Morgan fingerprint density at radius 1 is 1.11 bits per heavy atom. The Balaban J connectivity index is 1.53. The molecular weight excluding hydrogens is 472 g/mol. The largest absolute Gasteiger partial charge is 0.507 e. The van der Waals surface area contributed by atoms with Crippen LogP contribution in [-0.4, -0.2) is 78.7 Å². The molecular formula is C29H34N2O6. The fraction of sp³-hybridized carbons (Fsp3) is 0.448. The van der Waals surface area contributed by atoms with Crippen LogP contribution in [0.15, 0.2) is 48.0 Å². The number of aliphatic hydroxyl groups excluding tert-OH is 1. The lowest BCUT2D eigenvalue weighted by molar-refractivity contribution is -0.140. The van der Waals surface area contributed by atoms with Crippen molar-refractivity contribution in [3.05, 3.63) is 64.7 Å². The normalized spacial score (nSPS) is 23.2. The number of carbonyl (C=O) groups is 2. The number of Topliss-reactive ketones (excluding diaryl/α,β-unsaturated/α-hetero) is 1. The molecule has 8 nitrogen and oxygen atoms in total. The fourth-order valence-corrected chi connectivity index (χ4v) is 5.25. The van der Waals surface area contributed by atoms with E-state index in [0.29, 0.717) is 44.2 Å². The Morgan fingerprint density at radius 2 is 1.92 bits per heavy atom. The number of nitrogens with zero attached hydrogens (tertiary/aromatic N) is 2. The Bertz CT molecular complexity index is 1200. The molecule has 5 rings (SSSR count). The Morgan fingerprint density at radius 3 is 2.70 bits per heavy atom. The molecule has 2 aromatic carbocycles. The molecule has 2 aromatic rings. The van der Waals surface area contributed by atoms with E-state index in [-0.39, 0.29) is 17.4 Å². The van der Waals surface area contributed by atoms with E-state index in [4.69, 9.17) is 14.2 Å². The van der Waals surface area contributed by atoms with Crippen molar-refractivity contribution in [2.75, 3.05) is 46.0 Å². The molecule has 0 saturated carbocycles. The van der Waals surface area contributed by atoms with Crippen LogP contribution in [0.5, 0.6) is 11.5 Å². The van der Waals surface area contributed by atoms with Crippen LogP contribution in [0.4, 0.5) is 0 Å². The highest BCUT2D eigenvalue weighted by Gasteiger charge is 2.46. The van der Waals surface area contributed by atoms with Crippen LogP contribution in [0.1, 0.15) is 43.0 Å². The lowest BCUT2D eigenvalue weighted by Crippen LogP contribution is -2.42. The van der Waals surface area contributed by atoms with Crippen molar-refractivity contribution in [3.8, 4) is 11.5 Å². The van der Waals surface area contributed by atoms with Crippen molar-refractivity contribution in [3.63, 3.8) is 0 Å². The van der Waals surface area contributed by atoms with Crippen LogP contribution in [0.3, 0.4) is 0 Å². The lowest BCUT2D eigenvalue weighted by Gasteiger charge is -2.31. The van der Waals surface area contributed by atoms with E-state index in [2.05, 4.69) is 4.90 Å². The second-order valence-corrected chi connectivity index (χ2v) is 9.82. The highest BCUT2D eigenvalue weighted by Crippen LogP contribution is 2.41. The van der Waals surface area contributed by atoms with Crippen LogP contribution in [0, 0.1) is 0 Å². The van der Waals surface area contributed by atoms with E-state index in [1.807, 2.05) is 50.2 Å². The number of amides is 1. The van der Waals surface area contributed by atoms with Gasteiger partial charge in [0.25, 0.3) is 11.7 Å². The fourth-order valence-electron chi connectivity index (χ4n) is 5.25. The van der Waals surface area contributed by atoms with Crippen LogP contribution < -0.4 is 9.47 Å². The number of carbonyl (C=O) groups excluding carboxylic acids is 2. The van der Waals surface area contributed by atoms with Gasteiger partial charge in [-0.15, -0.1) is 0 Å². The smallest absolute Gasteiger partial charge is 0.295 e. The molecule has 0 spiro atoms. The number of hydrogen-bond acceptors (Lipinski definition) is 7. The molecule has 2 fully saturated rings. The maximum absolute atomic E-state index is 13.4. The Labute approximate surface area is 217 Å². The maximum Gasteiger partial charge on any atom is 0.295 e. The molecule has 37 heavy (non-hydrogen) atoms. The second-order valence-electron chi connectivity index (χ2n) is 9.82. The van der Waals surface area contributed by atoms with Crippen molar-refractivity contribution in [2.24, 2.45) is 0 Å². The Kier molecular flexibility index (Phi) is 7.48. The first-order chi connectivity index (χ1) is 18.0. The van der Waals surface area contributed by atoms with E-state index >= 15 is 0 Å². The molecule has 196 valence electrons. The molecule has 3 heterocycles. The van der Waals surface area contributed by atoms with Crippen LogP contribution in [-0.2, 0) is 20.7 Å². The summed E-state index contributed by atoms with van der Waals surface area (Å²) in [5, 5.41) is 11.5. The third kappa shape index (κ3) is 5.22. The molecule has 8 heteroatoms. The van der Waals surface area contributed by atoms with Gasteiger partial charge in [-0.3, -0.25) is 14.5 Å². The molecule has 0 radical (unpaired) electrons. The van der Waals surface area contributed by atoms with Gasteiger partial charge in [-0.1, -0.05) is 19.1 Å². The molecule has 1 amide bonds. The molecule has 0 aromatic heterocycles. The zero-order valence-electron chi connectivity index (χ0n) is 21.4. The topological polar surface area (TPSA) is 88.5 Å². The van der Waals surface area contributed by atoms with Crippen molar-refractivity contribution in [2.45, 2.75) is 38.8 Å².